The van der Waals surface area contributed by atoms with Crippen LogP contribution in [0.1, 0.15) is 6.42 Å². The highest BCUT2D eigenvalue weighted by molar-refractivity contribution is 7.99. The van der Waals surface area contributed by atoms with Crippen LogP contribution in [0.3, 0.4) is 0 Å². The highest BCUT2D eigenvalue weighted by Gasteiger charge is 2.35. The van der Waals surface area contributed by atoms with E-state index >= 15 is 0 Å². The maximum Gasteiger partial charge on any atom is 0.240 e. The molecule has 0 aromatic heterocycles. The summed E-state index contributed by atoms with van der Waals surface area (Å²) in [5, 5.41) is 1.95. The van der Waals surface area contributed by atoms with Crippen molar-refractivity contribution in [1.29, 1.82) is 0 Å². The Morgan fingerprint density at radius 3 is 2.68 bits per heavy atom. The summed E-state index contributed by atoms with van der Waals surface area (Å²) in [5.41, 5.74) is -0.380. The summed E-state index contributed by atoms with van der Waals surface area (Å²) in [7, 11) is -1.88. The zero-order valence-electron chi connectivity index (χ0n) is 12.4. The van der Waals surface area contributed by atoms with E-state index in [2.05, 4.69) is 4.72 Å². The summed E-state index contributed by atoms with van der Waals surface area (Å²) < 4.78 is 33.3. The van der Waals surface area contributed by atoms with Gasteiger partial charge in [-0.25, -0.2) is 13.1 Å². The highest BCUT2D eigenvalue weighted by Crippen LogP contribution is 2.30. The third-order valence-corrected chi connectivity index (χ3v) is 6.74. The molecule has 0 aliphatic carbocycles. The largest absolute Gasteiger partial charge is 0.376 e. The van der Waals surface area contributed by atoms with Gasteiger partial charge in [0.25, 0.3) is 0 Å². The molecule has 1 aliphatic heterocycles. The maximum absolute atomic E-state index is 12.5. The van der Waals surface area contributed by atoms with Crippen molar-refractivity contribution in [3.63, 3.8) is 0 Å². The standard InChI is InChI=1S/C16H19NO3S2/c1-20-16(8-9-21-12-16)11-17-22(18,19)15-7-6-13-4-2-3-5-14(13)10-15/h2-7,10,17H,8-9,11-12H2,1H3. The van der Waals surface area contributed by atoms with Crippen LogP contribution in [0.5, 0.6) is 0 Å². The van der Waals surface area contributed by atoms with Crippen molar-refractivity contribution in [2.45, 2.75) is 16.9 Å². The lowest BCUT2D eigenvalue weighted by molar-refractivity contribution is 0.0179. The zero-order valence-corrected chi connectivity index (χ0v) is 14.0. The first-order valence-electron chi connectivity index (χ1n) is 7.16. The minimum atomic E-state index is -3.53. The Balaban J connectivity index is 1.82. The average Bonchev–Trinajstić information content (AvgIpc) is 3.02. The quantitative estimate of drug-likeness (QED) is 0.911. The number of ether oxygens (including phenoxy) is 1. The predicted molar refractivity (Wildman–Crippen MR) is 90.8 cm³/mol. The number of methoxy groups -OCH3 is 1. The van der Waals surface area contributed by atoms with Gasteiger partial charge in [-0.05, 0) is 35.1 Å². The molecule has 0 amide bonds. The molecular weight excluding hydrogens is 318 g/mol. The van der Waals surface area contributed by atoms with Gasteiger partial charge in [-0.2, -0.15) is 11.8 Å². The number of nitrogens with one attached hydrogen (secondary N) is 1. The molecular formula is C16H19NO3S2. The third-order valence-electron chi connectivity index (χ3n) is 4.12. The molecule has 1 aliphatic rings. The first-order chi connectivity index (χ1) is 10.5. The van der Waals surface area contributed by atoms with Gasteiger partial charge in [0.15, 0.2) is 0 Å². The van der Waals surface area contributed by atoms with Crippen LogP contribution < -0.4 is 4.72 Å². The third kappa shape index (κ3) is 3.15. The number of sulfonamides is 1. The lowest BCUT2D eigenvalue weighted by atomic mass is 10.0. The Kier molecular flexibility index (Phi) is 4.45. The first kappa shape index (κ1) is 15.8. The molecule has 1 fully saturated rings. The van der Waals surface area contributed by atoms with Gasteiger partial charge in [0.1, 0.15) is 0 Å². The SMILES string of the molecule is COC1(CNS(=O)(=O)c2ccc3ccccc3c2)CCSC1. The molecule has 1 unspecified atom stereocenters. The minimum Gasteiger partial charge on any atom is -0.376 e. The fourth-order valence-electron chi connectivity index (χ4n) is 2.61. The number of hydrogen-bond donors (Lipinski definition) is 1. The Labute approximate surface area is 135 Å². The summed E-state index contributed by atoms with van der Waals surface area (Å²) in [4.78, 5) is 0.295. The number of thioether (sulfide) groups is 1. The highest BCUT2D eigenvalue weighted by atomic mass is 32.2. The van der Waals surface area contributed by atoms with Crippen LogP contribution in [0.4, 0.5) is 0 Å². The van der Waals surface area contributed by atoms with Gasteiger partial charge in [-0.1, -0.05) is 30.3 Å². The molecule has 3 rings (SSSR count). The smallest absolute Gasteiger partial charge is 0.240 e. The molecule has 0 radical (unpaired) electrons. The lowest BCUT2D eigenvalue weighted by Gasteiger charge is -2.26. The Morgan fingerprint density at radius 2 is 2.00 bits per heavy atom. The summed E-state index contributed by atoms with van der Waals surface area (Å²) in [6.45, 7) is 0.311. The average molecular weight is 337 g/mol. The summed E-state index contributed by atoms with van der Waals surface area (Å²) in [6.07, 6.45) is 0.869. The van der Waals surface area contributed by atoms with Gasteiger partial charge in [0, 0.05) is 19.4 Å². The van der Waals surface area contributed by atoms with Crippen molar-refractivity contribution in [2.75, 3.05) is 25.2 Å². The van der Waals surface area contributed by atoms with E-state index in [0.717, 1.165) is 28.7 Å². The molecule has 6 heteroatoms. The lowest BCUT2D eigenvalue weighted by Crippen LogP contribution is -2.44. The molecule has 1 atom stereocenters. The van der Waals surface area contributed by atoms with Crippen LogP contribution in [-0.2, 0) is 14.8 Å². The Bertz CT molecular complexity index is 768. The normalized spacial score (nSPS) is 22.2. The second-order valence-electron chi connectivity index (χ2n) is 5.52. The van der Waals surface area contributed by atoms with Gasteiger partial charge >= 0.3 is 0 Å². The van der Waals surface area contributed by atoms with Gasteiger partial charge < -0.3 is 4.74 Å². The van der Waals surface area contributed by atoms with E-state index in [1.54, 1.807) is 31.0 Å². The van der Waals surface area contributed by atoms with Gasteiger partial charge in [-0.3, -0.25) is 0 Å². The zero-order chi connectivity index (χ0) is 15.6. The van der Waals surface area contributed by atoms with E-state index in [9.17, 15) is 8.42 Å². The molecule has 2 aromatic carbocycles. The second-order valence-corrected chi connectivity index (χ2v) is 8.40. The van der Waals surface area contributed by atoms with Crippen LogP contribution in [0.2, 0.25) is 0 Å². The van der Waals surface area contributed by atoms with Crippen LogP contribution >= 0.6 is 11.8 Å². The van der Waals surface area contributed by atoms with Crippen LogP contribution in [-0.4, -0.2) is 39.2 Å². The van der Waals surface area contributed by atoms with E-state index in [4.69, 9.17) is 4.74 Å². The summed E-state index contributed by atoms with van der Waals surface area (Å²) >= 11 is 1.79. The minimum absolute atomic E-state index is 0.295. The molecule has 2 aromatic rings. The monoisotopic (exact) mass is 337 g/mol. The molecule has 1 saturated heterocycles. The van der Waals surface area contributed by atoms with E-state index in [1.807, 2.05) is 30.3 Å². The van der Waals surface area contributed by atoms with Crippen molar-refractivity contribution >= 4 is 32.6 Å². The fourth-order valence-corrected chi connectivity index (χ4v) is 5.15. The van der Waals surface area contributed by atoms with Gasteiger partial charge in [0.2, 0.25) is 10.0 Å². The fraction of sp³-hybridized carbons (Fsp3) is 0.375. The number of benzene rings is 2. The van der Waals surface area contributed by atoms with Gasteiger partial charge in [-0.15, -0.1) is 0 Å². The van der Waals surface area contributed by atoms with Crippen molar-refractivity contribution in [1.82, 2.24) is 4.72 Å². The Hall–Kier alpha value is -1.08. The number of fused-ring (bicyclic) bond motifs is 1. The molecule has 4 nitrogen and oxygen atoms in total. The number of hydrogen-bond acceptors (Lipinski definition) is 4. The molecule has 1 N–H and O–H groups in total. The Morgan fingerprint density at radius 1 is 1.23 bits per heavy atom. The van der Waals surface area contributed by atoms with Crippen molar-refractivity contribution in [2.24, 2.45) is 0 Å². The second kappa shape index (κ2) is 6.20. The molecule has 22 heavy (non-hydrogen) atoms. The van der Waals surface area contributed by atoms with E-state index in [1.165, 1.54) is 0 Å². The van der Waals surface area contributed by atoms with Gasteiger partial charge in [0.05, 0.1) is 10.5 Å². The topological polar surface area (TPSA) is 55.4 Å². The molecule has 0 bridgehead atoms. The van der Waals surface area contributed by atoms with Crippen molar-refractivity contribution < 1.29 is 13.2 Å². The van der Waals surface area contributed by atoms with Crippen LogP contribution in [0.15, 0.2) is 47.4 Å². The van der Waals surface area contributed by atoms with Crippen molar-refractivity contribution in [3.8, 4) is 0 Å². The van der Waals surface area contributed by atoms with Crippen molar-refractivity contribution in [3.05, 3.63) is 42.5 Å². The summed E-state index contributed by atoms with van der Waals surface area (Å²) in [5.74, 6) is 1.83. The van der Waals surface area contributed by atoms with E-state index in [-0.39, 0.29) is 5.60 Å². The van der Waals surface area contributed by atoms with Crippen LogP contribution in [0, 0.1) is 0 Å². The van der Waals surface area contributed by atoms with E-state index < -0.39 is 10.0 Å². The first-order valence-corrected chi connectivity index (χ1v) is 9.80. The summed E-state index contributed by atoms with van der Waals surface area (Å²) in [6, 6.07) is 12.9. The predicted octanol–water partition coefficient (Wildman–Crippen LogP) is 2.64. The molecule has 0 spiro atoms. The maximum atomic E-state index is 12.5. The molecule has 118 valence electrons. The van der Waals surface area contributed by atoms with E-state index in [0.29, 0.717) is 11.4 Å². The number of rotatable bonds is 5. The molecule has 1 heterocycles. The molecule has 0 saturated carbocycles. The van der Waals surface area contributed by atoms with Crippen LogP contribution in [0.25, 0.3) is 10.8 Å².